The van der Waals surface area contributed by atoms with Crippen molar-refractivity contribution in [3.63, 3.8) is 0 Å². The van der Waals surface area contributed by atoms with Crippen molar-refractivity contribution in [2.45, 2.75) is 52.6 Å². The lowest BCUT2D eigenvalue weighted by molar-refractivity contribution is -0.128. The molecule has 0 radical (unpaired) electrons. The van der Waals surface area contributed by atoms with Gasteiger partial charge in [-0.05, 0) is 87.6 Å². The molecule has 1 aliphatic heterocycles. The number of piperazine rings is 1. The van der Waals surface area contributed by atoms with Crippen LogP contribution in [0.25, 0.3) is 28.0 Å². The van der Waals surface area contributed by atoms with Gasteiger partial charge in [0, 0.05) is 36.0 Å². The number of pyridine rings is 1. The van der Waals surface area contributed by atoms with Crippen LogP contribution in [0.3, 0.4) is 0 Å². The zero-order valence-corrected chi connectivity index (χ0v) is 28.3. The van der Waals surface area contributed by atoms with Crippen molar-refractivity contribution in [1.29, 1.82) is 0 Å². The van der Waals surface area contributed by atoms with Crippen LogP contribution in [0.4, 0.5) is 10.2 Å². The summed E-state index contributed by atoms with van der Waals surface area (Å²) in [5.41, 5.74) is 2.25. The Hall–Kier alpha value is -3.81. The zero-order valence-electron chi connectivity index (χ0n) is 26.6. The van der Waals surface area contributed by atoms with Gasteiger partial charge in [-0.15, -0.1) is 0 Å². The number of aromatic nitrogens is 3. The molecule has 0 saturated carbocycles. The molecule has 1 saturated heterocycles. The van der Waals surface area contributed by atoms with Gasteiger partial charge in [-0.1, -0.05) is 44.2 Å². The van der Waals surface area contributed by atoms with Crippen LogP contribution in [-0.4, -0.2) is 63.8 Å². The summed E-state index contributed by atoms with van der Waals surface area (Å²) in [4.78, 5) is 40.1. The summed E-state index contributed by atoms with van der Waals surface area (Å²) < 4.78 is 29.7. The van der Waals surface area contributed by atoms with Gasteiger partial charge >= 0.3 is 5.69 Å². The van der Waals surface area contributed by atoms with Crippen LogP contribution < -0.4 is 15.9 Å². The van der Waals surface area contributed by atoms with Gasteiger partial charge in [0.2, 0.25) is 5.91 Å². The molecule has 2 atom stereocenters. The number of hydrogen-bond donors (Lipinski definition) is 0. The number of carbonyl (C=O) groups is 1. The minimum Gasteiger partial charge on any atom is -0.349 e. The smallest absolute Gasteiger partial charge is 0.349 e. The monoisotopic (exact) mass is 649 g/mol. The predicted molar refractivity (Wildman–Crippen MR) is 182 cm³/mol. The number of fused-ring (bicyclic) bond motifs is 1. The molecule has 0 spiro atoms. The third kappa shape index (κ3) is 5.96. The molecule has 236 valence electrons. The molecule has 4 aromatic rings. The fraction of sp³-hybridized carbons (Fsp3) is 0.353. The van der Waals surface area contributed by atoms with Gasteiger partial charge in [0.15, 0.2) is 5.65 Å². The molecule has 1 fully saturated rings. The minimum absolute atomic E-state index is 0.0403. The third-order valence-electron chi connectivity index (χ3n) is 8.43. The molecule has 3 heterocycles. The number of rotatable bonds is 6. The van der Waals surface area contributed by atoms with E-state index >= 15 is 4.39 Å². The van der Waals surface area contributed by atoms with Crippen LogP contribution in [0.15, 0.2) is 59.9 Å². The fourth-order valence-corrected chi connectivity index (χ4v) is 7.27. The van der Waals surface area contributed by atoms with Gasteiger partial charge in [0.05, 0.1) is 21.8 Å². The van der Waals surface area contributed by atoms with Crippen LogP contribution in [0.1, 0.15) is 44.7 Å². The molecule has 0 N–H and O–H groups in total. The number of aryl methyl sites for hydroxylation is 1. The molecule has 1 amide bonds. The first-order valence-corrected chi connectivity index (χ1v) is 17.9. The number of anilines is 1. The topological polar surface area (TPSA) is 88.4 Å². The normalized spacial score (nSPS) is 17.3. The zero-order chi connectivity index (χ0) is 33.0. The van der Waals surface area contributed by atoms with Crippen molar-refractivity contribution < 1.29 is 13.8 Å². The Balaban J connectivity index is 1.86. The highest BCUT2D eigenvalue weighted by Crippen LogP contribution is 2.40. The molecule has 0 bridgehead atoms. The lowest BCUT2D eigenvalue weighted by Crippen LogP contribution is -2.58. The second-order valence-corrected chi connectivity index (χ2v) is 16.1. The fourth-order valence-electron chi connectivity index (χ4n) is 6.06. The standard InChI is InChI=1S/C34H38ClFN5O3P/c1-9-29(42)39-17-22(6)40(18-21(39)5)32-26-16-27(35)30(24-12-10-11-13-28(24)36)37-33(26)41(34(43)38-32)31-20(4)14-23(45(7,8)44)15-25(31)19(2)3/h9-16,19,21-22H,1,17-18H2,2-8H3. The molecular weight excluding hydrogens is 612 g/mol. The second kappa shape index (κ2) is 12.2. The van der Waals surface area contributed by atoms with E-state index in [1.807, 2.05) is 51.7 Å². The summed E-state index contributed by atoms with van der Waals surface area (Å²) in [5.74, 6) is -0.311. The third-order valence-corrected chi connectivity index (χ3v) is 10.2. The summed E-state index contributed by atoms with van der Waals surface area (Å²) in [5, 5.41) is 1.43. The molecule has 11 heteroatoms. The number of amides is 1. The molecule has 2 aromatic heterocycles. The molecule has 45 heavy (non-hydrogen) atoms. The van der Waals surface area contributed by atoms with Crippen molar-refractivity contribution in [2.24, 2.45) is 0 Å². The number of halogens is 2. The maximum absolute atomic E-state index is 15.1. The van der Waals surface area contributed by atoms with E-state index in [2.05, 4.69) is 11.6 Å². The van der Waals surface area contributed by atoms with E-state index in [0.717, 1.165) is 11.1 Å². The maximum atomic E-state index is 15.1. The number of nitrogens with zero attached hydrogens (tertiary/aromatic N) is 5. The Kier molecular flexibility index (Phi) is 8.82. The van der Waals surface area contributed by atoms with E-state index in [4.69, 9.17) is 16.6 Å². The predicted octanol–water partition coefficient (Wildman–Crippen LogP) is 6.53. The molecule has 5 rings (SSSR count). The largest absolute Gasteiger partial charge is 0.355 e. The lowest BCUT2D eigenvalue weighted by atomic mass is 9.97. The van der Waals surface area contributed by atoms with Crippen molar-refractivity contribution in [3.05, 3.63) is 87.6 Å². The van der Waals surface area contributed by atoms with Gasteiger partial charge in [0.25, 0.3) is 0 Å². The lowest BCUT2D eigenvalue weighted by Gasteiger charge is -2.44. The SMILES string of the molecule is C=CC(=O)N1CC(C)N(c2nc(=O)n(-c3c(C)cc(P(C)(C)=O)cc3C(C)C)c3nc(-c4ccccc4F)c(Cl)cc23)CC1C. The first-order valence-electron chi connectivity index (χ1n) is 14.9. The van der Waals surface area contributed by atoms with Crippen LogP contribution in [0.2, 0.25) is 5.02 Å². The number of benzene rings is 2. The summed E-state index contributed by atoms with van der Waals surface area (Å²) in [6.07, 6.45) is 1.30. The van der Waals surface area contributed by atoms with Crippen LogP contribution in [-0.2, 0) is 9.36 Å². The molecular formula is C34H38ClFN5O3P. The number of carbonyl (C=O) groups excluding carboxylic acids is 1. The van der Waals surface area contributed by atoms with Crippen molar-refractivity contribution in [2.75, 3.05) is 31.3 Å². The second-order valence-electron chi connectivity index (χ2n) is 12.5. The molecule has 8 nitrogen and oxygen atoms in total. The van der Waals surface area contributed by atoms with Gasteiger partial charge in [-0.2, -0.15) is 4.98 Å². The highest BCUT2D eigenvalue weighted by Gasteiger charge is 2.34. The van der Waals surface area contributed by atoms with E-state index in [0.29, 0.717) is 35.3 Å². The van der Waals surface area contributed by atoms with Gasteiger partial charge in [-0.3, -0.25) is 4.79 Å². The Morgan fingerprint density at radius 2 is 1.80 bits per heavy atom. The average molecular weight is 650 g/mol. The molecule has 0 aliphatic carbocycles. The van der Waals surface area contributed by atoms with Crippen molar-refractivity contribution in [1.82, 2.24) is 19.4 Å². The summed E-state index contributed by atoms with van der Waals surface area (Å²) in [6.45, 7) is 17.7. The molecule has 1 aliphatic rings. The van der Waals surface area contributed by atoms with E-state index < -0.39 is 18.6 Å². The van der Waals surface area contributed by atoms with Crippen LogP contribution in [0, 0.1) is 12.7 Å². The average Bonchev–Trinajstić information content (AvgIpc) is 2.97. The summed E-state index contributed by atoms with van der Waals surface area (Å²) in [7, 11) is -2.62. The van der Waals surface area contributed by atoms with Crippen molar-refractivity contribution >= 4 is 46.8 Å². The Morgan fingerprint density at radius 3 is 2.42 bits per heavy atom. The van der Waals surface area contributed by atoms with E-state index in [1.165, 1.54) is 16.7 Å². The quantitative estimate of drug-likeness (QED) is 0.174. The first kappa shape index (κ1) is 32.6. The minimum atomic E-state index is -2.62. The Labute approximate surface area is 267 Å². The summed E-state index contributed by atoms with van der Waals surface area (Å²) >= 11 is 6.83. The maximum Gasteiger partial charge on any atom is 0.355 e. The first-order chi connectivity index (χ1) is 21.1. The molecule has 2 unspecified atom stereocenters. The summed E-state index contributed by atoms with van der Waals surface area (Å²) in [6, 6.07) is 11.3. The van der Waals surface area contributed by atoms with E-state index in [-0.39, 0.29) is 45.8 Å². The molecule has 2 aromatic carbocycles. The highest BCUT2D eigenvalue weighted by molar-refractivity contribution is 7.70. The Morgan fingerprint density at radius 1 is 1.11 bits per heavy atom. The van der Waals surface area contributed by atoms with Gasteiger partial charge < -0.3 is 14.4 Å². The van der Waals surface area contributed by atoms with Crippen LogP contribution >= 0.6 is 18.7 Å². The van der Waals surface area contributed by atoms with E-state index in [1.54, 1.807) is 42.5 Å². The number of hydrogen-bond acceptors (Lipinski definition) is 6. The van der Waals surface area contributed by atoms with Crippen LogP contribution in [0.5, 0.6) is 0 Å². The van der Waals surface area contributed by atoms with E-state index in [9.17, 15) is 14.2 Å². The highest BCUT2D eigenvalue weighted by atomic mass is 35.5. The Bertz CT molecular complexity index is 1950. The van der Waals surface area contributed by atoms with Crippen molar-refractivity contribution in [3.8, 4) is 16.9 Å². The van der Waals surface area contributed by atoms with Gasteiger partial charge in [-0.25, -0.2) is 18.7 Å². The van der Waals surface area contributed by atoms with Gasteiger partial charge in [0.1, 0.15) is 18.8 Å².